The van der Waals surface area contributed by atoms with Gasteiger partial charge in [0.1, 0.15) is 17.3 Å². The van der Waals surface area contributed by atoms with Crippen molar-refractivity contribution in [1.82, 2.24) is 14.1 Å². The van der Waals surface area contributed by atoms with Crippen LogP contribution in [0, 0.1) is 0 Å². The number of aromatic nitrogens is 3. The highest BCUT2D eigenvalue weighted by atomic mass is 16.5. The van der Waals surface area contributed by atoms with Gasteiger partial charge in [0.25, 0.3) is 0 Å². The zero-order valence-corrected chi connectivity index (χ0v) is 31.3. The summed E-state index contributed by atoms with van der Waals surface area (Å²) in [5, 5.41) is 4.83. The SMILES string of the molecule is c1ccc(-c2cc(-c3ccccc3)nc(-n3c4ccccc4c4cc5c(cc43)Oc3ccccc3C53c4ccccc4-n4c5ccccc5c5cccc3c54)c2)cc1. The Balaban J connectivity index is 1.16. The molecule has 270 valence electrons. The van der Waals surface area contributed by atoms with E-state index in [9.17, 15) is 0 Å². The van der Waals surface area contributed by atoms with Crippen LogP contribution in [0.15, 0.2) is 200 Å². The van der Waals surface area contributed by atoms with Crippen LogP contribution in [0.3, 0.4) is 0 Å². The second kappa shape index (κ2) is 11.7. The van der Waals surface area contributed by atoms with Gasteiger partial charge in [-0.25, -0.2) is 4.98 Å². The molecule has 0 saturated heterocycles. The summed E-state index contributed by atoms with van der Waals surface area (Å²) in [7, 11) is 0. The Morgan fingerprint density at radius 2 is 1.00 bits per heavy atom. The van der Waals surface area contributed by atoms with Crippen LogP contribution in [-0.4, -0.2) is 14.1 Å². The summed E-state index contributed by atoms with van der Waals surface area (Å²) in [5.41, 5.74) is 14.1. The molecule has 2 aliphatic rings. The molecule has 0 fully saturated rings. The van der Waals surface area contributed by atoms with Gasteiger partial charge >= 0.3 is 0 Å². The van der Waals surface area contributed by atoms with E-state index in [0.29, 0.717) is 0 Å². The smallest absolute Gasteiger partial charge is 0.138 e. The summed E-state index contributed by atoms with van der Waals surface area (Å²) >= 11 is 0. The van der Waals surface area contributed by atoms with Crippen molar-refractivity contribution in [3.63, 3.8) is 0 Å². The van der Waals surface area contributed by atoms with Gasteiger partial charge in [0, 0.05) is 44.3 Å². The number of hydrogen-bond acceptors (Lipinski definition) is 2. The normalized spacial score (nSPS) is 15.1. The number of rotatable bonds is 3. The van der Waals surface area contributed by atoms with Crippen molar-refractivity contribution in [2.24, 2.45) is 0 Å². The topological polar surface area (TPSA) is 32.0 Å². The first-order valence-electron chi connectivity index (χ1n) is 19.9. The van der Waals surface area contributed by atoms with Crippen molar-refractivity contribution < 1.29 is 4.74 Å². The van der Waals surface area contributed by atoms with Gasteiger partial charge in [-0.2, -0.15) is 0 Å². The molecule has 1 unspecified atom stereocenters. The molecule has 3 aromatic heterocycles. The summed E-state index contributed by atoms with van der Waals surface area (Å²) in [6.07, 6.45) is 0. The Morgan fingerprint density at radius 3 is 1.81 bits per heavy atom. The summed E-state index contributed by atoms with van der Waals surface area (Å²) in [4.78, 5) is 5.42. The molecule has 0 bridgehead atoms. The van der Waals surface area contributed by atoms with E-state index in [1.54, 1.807) is 0 Å². The van der Waals surface area contributed by atoms with Crippen LogP contribution in [0.25, 0.3) is 77.5 Å². The molecule has 11 aromatic rings. The Hall–Kier alpha value is -7.69. The molecule has 1 spiro atoms. The van der Waals surface area contributed by atoms with Crippen LogP contribution in [0.5, 0.6) is 11.5 Å². The maximum Gasteiger partial charge on any atom is 0.138 e. The molecule has 5 heterocycles. The van der Waals surface area contributed by atoms with Crippen LogP contribution < -0.4 is 4.74 Å². The van der Waals surface area contributed by atoms with Crippen LogP contribution in [0.4, 0.5) is 0 Å². The highest BCUT2D eigenvalue weighted by Crippen LogP contribution is 2.61. The lowest BCUT2D eigenvalue weighted by Crippen LogP contribution is -2.37. The molecule has 0 saturated carbocycles. The highest BCUT2D eigenvalue weighted by Gasteiger charge is 2.50. The molecular weight excluding hydrogens is 707 g/mol. The minimum absolute atomic E-state index is 0.659. The minimum atomic E-state index is -0.659. The van der Waals surface area contributed by atoms with E-state index >= 15 is 0 Å². The van der Waals surface area contributed by atoms with E-state index in [0.717, 1.165) is 67.2 Å². The Kier molecular flexibility index (Phi) is 6.34. The fourth-order valence-corrected chi connectivity index (χ4v) is 10.2. The molecule has 4 nitrogen and oxygen atoms in total. The van der Waals surface area contributed by atoms with Crippen molar-refractivity contribution in [3.8, 4) is 45.4 Å². The largest absolute Gasteiger partial charge is 0.457 e. The van der Waals surface area contributed by atoms with E-state index in [1.165, 1.54) is 44.0 Å². The minimum Gasteiger partial charge on any atom is -0.457 e. The standard InChI is InChI=1S/C54H33N3O/c1-3-16-34(17-4-1)36-30-45(35-18-5-2-6-19-35)55-52(31-36)56-46-26-11-8-21-38(46)40-32-44-51(33-49(40)56)58-50-29-14-10-24-42(50)54(44)41-23-9-13-28-48(41)57-47-27-12-7-20-37(47)39-22-15-25-43(54)53(39)57/h1-33H. The van der Waals surface area contributed by atoms with Gasteiger partial charge in [-0.15, -0.1) is 0 Å². The molecule has 2 aliphatic heterocycles. The molecule has 0 N–H and O–H groups in total. The van der Waals surface area contributed by atoms with Gasteiger partial charge in [0.2, 0.25) is 0 Å². The van der Waals surface area contributed by atoms with Gasteiger partial charge in [-0.1, -0.05) is 152 Å². The van der Waals surface area contributed by atoms with Crippen LogP contribution in [0.2, 0.25) is 0 Å². The third-order valence-corrected chi connectivity index (χ3v) is 12.6. The summed E-state index contributed by atoms with van der Waals surface area (Å²) < 4.78 is 11.9. The number of ether oxygens (including phenoxy) is 1. The van der Waals surface area contributed by atoms with Gasteiger partial charge in [-0.05, 0) is 64.7 Å². The Bertz CT molecular complexity index is 3430. The monoisotopic (exact) mass is 739 g/mol. The molecule has 0 radical (unpaired) electrons. The van der Waals surface area contributed by atoms with Crippen molar-refractivity contribution in [2.75, 3.05) is 0 Å². The van der Waals surface area contributed by atoms with Crippen LogP contribution in [0.1, 0.15) is 22.3 Å². The summed E-state index contributed by atoms with van der Waals surface area (Å²) in [6, 6.07) is 72.2. The first-order valence-corrected chi connectivity index (χ1v) is 19.9. The molecule has 0 aliphatic carbocycles. The lowest BCUT2D eigenvalue weighted by atomic mass is 9.61. The zero-order chi connectivity index (χ0) is 38.0. The number of nitrogens with zero attached hydrogens (tertiary/aromatic N) is 3. The zero-order valence-electron chi connectivity index (χ0n) is 31.3. The van der Waals surface area contributed by atoms with Crippen LogP contribution in [-0.2, 0) is 5.41 Å². The van der Waals surface area contributed by atoms with E-state index in [1.807, 2.05) is 0 Å². The van der Waals surface area contributed by atoms with Crippen molar-refractivity contribution in [2.45, 2.75) is 5.41 Å². The first-order chi connectivity index (χ1) is 28.8. The lowest BCUT2D eigenvalue weighted by Gasteiger charge is -2.45. The number of pyridine rings is 1. The van der Waals surface area contributed by atoms with Gasteiger partial charge in [0.15, 0.2) is 0 Å². The summed E-state index contributed by atoms with van der Waals surface area (Å²) in [5.74, 6) is 2.56. The highest BCUT2D eigenvalue weighted by molar-refractivity contribution is 6.13. The Morgan fingerprint density at radius 1 is 0.379 bits per heavy atom. The number of fused-ring (bicyclic) bond motifs is 14. The van der Waals surface area contributed by atoms with Gasteiger partial charge in [-0.3, -0.25) is 4.57 Å². The quantitative estimate of drug-likeness (QED) is 0.181. The maximum atomic E-state index is 7.10. The van der Waals surface area contributed by atoms with Crippen LogP contribution >= 0.6 is 0 Å². The number of hydrogen-bond donors (Lipinski definition) is 0. The predicted octanol–water partition coefficient (Wildman–Crippen LogP) is 13.4. The lowest BCUT2D eigenvalue weighted by molar-refractivity contribution is 0.434. The molecule has 1 atom stereocenters. The third kappa shape index (κ3) is 4.10. The first kappa shape index (κ1) is 31.5. The fourth-order valence-electron chi connectivity index (χ4n) is 10.2. The van der Waals surface area contributed by atoms with Gasteiger partial charge < -0.3 is 9.30 Å². The molecular formula is C54H33N3O. The van der Waals surface area contributed by atoms with E-state index in [-0.39, 0.29) is 0 Å². The number of para-hydroxylation sites is 5. The van der Waals surface area contributed by atoms with Crippen molar-refractivity contribution in [1.29, 1.82) is 0 Å². The second-order valence-corrected chi connectivity index (χ2v) is 15.5. The average molecular weight is 740 g/mol. The molecule has 58 heavy (non-hydrogen) atoms. The number of benzene rings is 8. The van der Waals surface area contributed by atoms with Gasteiger partial charge in [0.05, 0.1) is 38.9 Å². The van der Waals surface area contributed by atoms with Crippen molar-refractivity contribution >= 4 is 43.6 Å². The fraction of sp³-hybridized carbons (Fsp3) is 0.0185. The van der Waals surface area contributed by atoms with Crippen molar-refractivity contribution in [3.05, 3.63) is 222 Å². The molecule has 8 aromatic carbocycles. The Labute approximate surface area is 334 Å². The van der Waals surface area contributed by atoms with E-state index in [4.69, 9.17) is 9.72 Å². The molecule has 4 heteroatoms. The predicted molar refractivity (Wildman–Crippen MR) is 236 cm³/mol. The molecule has 0 amide bonds. The van der Waals surface area contributed by atoms with E-state index in [2.05, 4.69) is 209 Å². The third-order valence-electron chi connectivity index (χ3n) is 12.6. The maximum absolute atomic E-state index is 7.10. The second-order valence-electron chi connectivity index (χ2n) is 15.5. The average Bonchev–Trinajstić information content (AvgIpc) is 3.81. The molecule has 13 rings (SSSR count). The van der Waals surface area contributed by atoms with E-state index < -0.39 is 5.41 Å². The summed E-state index contributed by atoms with van der Waals surface area (Å²) in [6.45, 7) is 0.